The first kappa shape index (κ1) is 17.7. The molecule has 2 N–H and O–H groups in total. The molecule has 0 atom stereocenters. The summed E-state index contributed by atoms with van der Waals surface area (Å²) in [4.78, 5) is 23.8. The average Bonchev–Trinajstić information content (AvgIpc) is 2.97. The van der Waals surface area contributed by atoms with Crippen molar-refractivity contribution < 1.29 is 14.7 Å². The van der Waals surface area contributed by atoms with Crippen molar-refractivity contribution in [3.63, 3.8) is 0 Å². The van der Waals surface area contributed by atoms with Gasteiger partial charge in [-0.15, -0.1) is 0 Å². The third-order valence-electron chi connectivity index (χ3n) is 4.04. The Morgan fingerprint density at radius 2 is 1.79 bits per heavy atom. The smallest absolute Gasteiger partial charge is 0.331 e. The molecular weight excluding hydrogens is 306 g/mol. The van der Waals surface area contributed by atoms with E-state index in [-0.39, 0.29) is 5.91 Å². The zero-order valence-electron chi connectivity index (χ0n) is 14.4. The van der Waals surface area contributed by atoms with Crippen LogP contribution >= 0.6 is 0 Å². The summed E-state index contributed by atoms with van der Waals surface area (Å²) in [7, 11) is 0. The number of carbonyl (C=O) groups is 2. The number of nitrogens with zero attached hydrogens (tertiary/aromatic N) is 2. The highest BCUT2D eigenvalue weighted by Crippen LogP contribution is 2.25. The van der Waals surface area contributed by atoms with Gasteiger partial charge in [-0.3, -0.25) is 9.48 Å². The van der Waals surface area contributed by atoms with E-state index in [1.165, 1.54) is 17.1 Å². The van der Waals surface area contributed by atoms with Crippen LogP contribution in [0.5, 0.6) is 0 Å². The van der Waals surface area contributed by atoms with Crippen molar-refractivity contribution in [2.75, 3.05) is 5.32 Å². The first-order valence-corrected chi connectivity index (χ1v) is 7.77. The zero-order valence-corrected chi connectivity index (χ0v) is 14.4. The molecule has 0 fully saturated rings. The minimum atomic E-state index is -1.18. The minimum absolute atomic E-state index is 0.140. The highest BCUT2D eigenvalue weighted by molar-refractivity contribution is 5.94. The van der Waals surface area contributed by atoms with Gasteiger partial charge in [0.2, 0.25) is 5.91 Å². The van der Waals surface area contributed by atoms with Gasteiger partial charge in [-0.2, -0.15) is 5.10 Å². The van der Waals surface area contributed by atoms with Crippen LogP contribution in [0.15, 0.2) is 42.7 Å². The Kier molecular flexibility index (Phi) is 4.78. The van der Waals surface area contributed by atoms with Crippen molar-refractivity contribution in [1.82, 2.24) is 9.78 Å². The van der Waals surface area contributed by atoms with Gasteiger partial charge in [0.1, 0.15) is 0 Å². The number of carboxylic acids is 1. The van der Waals surface area contributed by atoms with Gasteiger partial charge in [0.05, 0.1) is 11.9 Å². The largest absolute Gasteiger partial charge is 0.479 e. The second-order valence-electron chi connectivity index (χ2n) is 7.04. The molecule has 2 aromatic rings. The van der Waals surface area contributed by atoms with E-state index in [1.54, 1.807) is 13.8 Å². The van der Waals surface area contributed by atoms with E-state index >= 15 is 0 Å². The molecule has 24 heavy (non-hydrogen) atoms. The lowest BCUT2D eigenvalue weighted by molar-refractivity contribution is -0.146. The van der Waals surface area contributed by atoms with Crippen molar-refractivity contribution in [1.29, 1.82) is 0 Å². The molecule has 0 bridgehead atoms. The minimum Gasteiger partial charge on any atom is -0.479 e. The second-order valence-corrected chi connectivity index (χ2v) is 7.04. The van der Waals surface area contributed by atoms with Crippen LogP contribution in [0.1, 0.15) is 33.3 Å². The molecule has 0 unspecified atom stereocenters. The van der Waals surface area contributed by atoms with E-state index in [2.05, 4.69) is 10.4 Å². The van der Waals surface area contributed by atoms with E-state index in [9.17, 15) is 14.7 Å². The average molecular weight is 329 g/mol. The van der Waals surface area contributed by atoms with Crippen LogP contribution in [0.25, 0.3) is 0 Å². The number of benzene rings is 1. The topological polar surface area (TPSA) is 84.2 Å². The summed E-state index contributed by atoms with van der Waals surface area (Å²) in [6, 6.07) is 9.81. The predicted molar refractivity (Wildman–Crippen MR) is 91.7 cm³/mol. The summed E-state index contributed by atoms with van der Waals surface area (Å²) in [5.74, 6) is -1.13. The molecule has 128 valence electrons. The predicted octanol–water partition coefficient (Wildman–Crippen LogP) is 2.91. The van der Waals surface area contributed by atoms with Crippen LogP contribution in [0.3, 0.4) is 0 Å². The third kappa shape index (κ3) is 3.82. The summed E-state index contributed by atoms with van der Waals surface area (Å²) in [6.07, 6.45) is 3.60. The molecule has 0 spiro atoms. The van der Waals surface area contributed by atoms with Crippen molar-refractivity contribution in [2.24, 2.45) is 5.41 Å². The molecule has 0 radical (unpaired) electrons. The van der Waals surface area contributed by atoms with Crippen LogP contribution in [-0.2, 0) is 21.5 Å². The van der Waals surface area contributed by atoms with E-state index in [4.69, 9.17) is 0 Å². The van der Waals surface area contributed by atoms with Crippen molar-refractivity contribution >= 4 is 17.6 Å². The van der Waals surface area contributed by atoms with Crippen molar-refractivity contribution in [3.05, 3.63) is 48.3 Å². The first-order valence-electron chi connectivity index (χ1n) is 7.77. The number of aliphatic carboxylic acids is 1. The van der Waals surface area contributed by atoms with Gasteiger partial charge in [-0.25, -0.2) is 4.79 Å². The Labute approximate surface area is 141 Å². The standard InChI is InChI=1S/C18H23N3O3/c1-17(2,10-13-8-6-5-7-9-13)15(22)20-14-11-19-21(12-14)18(3,4)16(23)24/h5-9,11-12H,10H2,1-4H3,(H,20,22)(H,23,24). The fourth-order valence-corrected chi connectivity index (χ4v) is 2.28. The maximum Gasteiger partial charge on any atom is 0.331 e. The molecule has 6 nitrogen and oxygen atoms in total. The summed E-state index contributed by atoms with van der Waals surface area (Å²) in [6.45, 7) is 6.85. The van der Waals surface area contributed by atoms with E-state index in [1.807, 2.05) is 44.2 Å². The maximum absolute atomic E-state index is 12.6. The number of amides is 1. The lowest BCUT2D eigenvalue weighted by Gasteiger charge is -2.23. The van der Waals surface area contributed by atoms with E-state index in [0.29, 0.717) is 12.1 Å². The van der Waals surface area contributed by atoms with Gasteiger partial charge in [0, 0.05) is 11.6 Å². The zero-order chi connectivity index (χ0) is 18.0. The molecule has 1 aromatic heterocycles. The Balaban J connectivity index is 2.09. The SMILES string of the molecule is CC(C)(Cc1ccccc1)C(=O)Nc1cnn(C(C)(C)C(=O)O)c1. The number of nitrogens with one attached hydrogen (secondary N) is 1. The molecule has 1 amide bonds. The monoisotopic (exact) mass is 329 g/mol. The van der Waals surface area contributed by atoms with Gasteiger partial charge < -0.3 is 10.4 Å². The summed E-state index contributed by atoms with van der Waals surface area (Å²) >= 11 is 0. The Hall–Kier alpha value is -2.63. The Bertz CT molecular complexity index is 733. The van der Waals surface area contributed by atoms with E-state index in [0.717, 1.165) is 5.56 Å². The number of carboxylic acid groups (broad SMARTS) is 1. The van der Waals surface area contributed by atoms with Crippen LogP contribution in [0.4, 0.5) is 5.69 Å². The molecule has 0 aliphatic carbocycles. The van der Waals surface area contributed by atoms with E-state index < -0.39 is 16.9 Å². The normalized spacial score (nSPS) is 12.0. The van der Waals surface area contributed by atoms with Gasteiger partial charge in [-0.05, 0) is 25.8 Å². The molecule has 1 heterocycles. The van der Waals surface area contributed by atoms with Crippen LogP contribution in [0, 0.1) is 5.41 Å². The highest BCUT2D eigenvalue weighted by atomic mass is 16.4. The number of hydrogen-bond donors (Lipinski definition) is 2. The quantitative estimate of drug-likeness (QED) is 0.853. The van der Waals surface area contributed by atoms with Crippen LogP contribution in [0.2, 0.25) is 0 Å². The van der Waals surface area contributed by atoms with Crippen molar-refractivity contribution in [3.8, 4) is 0 Å². The molecule has 0 aliphatic rings. The number of aromatic nitrogens is 2. The highest BCUT2D eigenvalue weighted by Gasteiger charge is 2.31. The number of rotatable bonds is 6. The summed E-state index contributed by atoms with van der Waals surface area (Å²) < 4.78 is 1.33. The first-order chi connectivity index (χ1) is 11.1. The second kappa shape index (κ2) is 6.47. The Morgan fingerprint density at radius 3 is 2.38 bits per heavy atom. The van der Waals surface area contributed by atoms with Crippen LogP contribution in [-0.4, -0.2) is 26.8 Å². The lowest BCUT2D eigenvalue weighted by atomic mass is 9.85. The molecule has 1 aromatic carbocycles. The number of hydrogen-bond acceptors (Lipinski definition) is 3. The molecular formula is C18H23N3O3. The number of carbonyl (C=O) groups excluding carboxylic acids is 1. The summed E-state index contributed by atoms with van der Waals surface area (Å²) in [5.41, 5.74) is -0.218. The fourth-order valence-electron chi connectivity index (χ4n) is 2.28. The molecule has 0 saturated heterocycles. The van der Waals surface area contributed by atoms with Gasteiger partial charge in [0.15, 0.2) is 5.54 Å². The molecule has 6 heteroatoms. The molecule has 0 saturated carbocycles. The van der Waals surface area contributed by atoms with Gasteiger partial charge in [-0.1, -0.05) is 44.2 Å². The fraction of sp³-hybridized carbons (Fsp3) is 0.389. The maximum atomic E-state index is 12.6. The molecule has 2 rings (SSSR count). The number of anilines is 1. The Morgan fingerprint density at radius 1 is 1.17 bits per heavy atom. The van der Waals surface area contributed by atoms with Crippen molar-refractivity contribution in [2.45, 2.75) is 39.7 Å². The van der Waals surface area contributed by atoms with Crippen LogP contribution < -0.4 is 5.32 Å². The molecule has 0 aliphatic heterocycles. The van der Waals surface area contributed by atoms with Gasteiger partial charge in [0.25, 0.3) is 0 Å². The summed E-state index contributed by atoms with van der Waals surface area (Å²) in [5, 5.41) is 16.1. The third-order valence-corrected chi connectivity index (χ3v) is 4.04. The van der Waals surface area contributed by atoms with Gasteiger partial charge >= 0.3 is 5.97 Å². The lowest BCUT2D eigenvalue weighted by Crippen LogP contribution is -2.36.